The Morgan fingerprint density at radius 2 is 1.74 bits per heavy atom. The van der Waals surface area contributed by atoms with Gasteiger partial charge in [0, 0.05) is 24.6 Å². The fraction of sp³-hybridized carbons (Fsp3) is 0.537. The summed E-state index contributed by atoms with van der Waals surface area (Å²) in [5, 5.41) is 21.2. The van der Waals surface area contributed by atoms with Crippen LogP contribution in [0, 0.1) is 23.2 Å². The Morgan fingerprint density at radius 1 is 0.979 bits per heavy atom. The summed E-state index contributed by atoms with van der Waals surface area (Å²) in [6.45, 7) is 6.07. The van der Waals surface area contributed by atoms with Crippen molar-refractivity contribution >= 4 is 5.91 Å². The Morgan fingerprint density at radius 3 is 2.51 bits per heavy atom. The topological polar surface area (TPSA) is 70.0 Å². The van der Waals surface area contributed by atoms with Gasteiger partial charge in [0.15, 0.2) is 0 Å². The second-order valence-electron chi connectivity index (χ2n) is 14.6. The average Bonchev–Trinajstić information content (AvgIpc) is 3.37. The van der Waals surface area contributed by atoms with Crippen LogP contribution in [0.15, 0.2) is 72.8 Å². The first-order valence-electron chi connectivity index (χ1n) is 18.0. The van der Waals surface area contributed by atoms with E-state index < -0.39 is 12.3 Å². The minimum Gasteiger partial charge on any atom is -0.508 e. The zero-order valence-corrected chi connectivity index (χ0v) is 28.1. The molecular formula is C41H52FNO4. The number of carbonyl (C=O) groups is 1. The van der Waals surface area contributed by atoms with Crippen molar-refractivity contribution in [1.29, 1.82) is 0 Å². The van der Waals surface area contributed by atoms with Gasteiger partial charge >= 0.3 is 0 Å². The van der Waals surface area contributed by atoms with Gasteiger partial charge in [-0.25, -0.2) is 4.39 Å². The monoisotopic (exact) mass is 641 g/mol. The highest BCUT2D eigenvalue weighted by atomic mass is 19.1. The molecule has 2 fully saturated rings. The highest BCUT2D eigenvalue weighted by molar-refractivity contribution is 5.94. The van der Waals surface area contributed by atoms with Crippen molar-refractivity contribution in [1.82, 2.24) is 4.90 Å². The first-order valence-corrected chi connectivity index (χ1v) is 18.0. The third kappa shape index (κ3) is 7.23. The van der Waals surface area contributed by atoms with Crippen LogP contribution in [0.25, 0.3) is 0 Å². The molecule has 0 heterocycles. The number of alkyl halides is 1. The number of halogens is 1. The van der Waals surface area contributed by atoms with E-state index >= 15 is 4.39 Å². The van der Waals surface area contributed by atoms with Crippen LogP contribution in [0.3, 0.4) is 0 Å². The Balaban J connectivity index is 1.10. The van der Waals surface area contributed by atoms with E-state index in [1.165, 1.54) is 5.56 Å². The van der Waals surface area contributed by atoms with Crippen LogP contribution in [-0.4, -0.2) is 53.0 Å². The molecule has 3 aliphatic carbocycles. The Bertz CT molecular complexity index is 1480. The predicted molar refractivity (Wildman–Crippen MR) is 185 cm³/mol. The summed E-state index contributed by atoms with van der Waals surface area (Å²) < 4.78 is 21.7. The van der Waals surface area contributed by atoms with Crippen molar-refractivity contribution in [3.05, 3.63) is 95.1 Å². The lowest BCUT2D eigenvalue weighted by Crippen LogP contribution is -2.51. The molecule has 0 spiro atoms. The number of nitrogens with zero attached hydrogens (tertiary/aromatic N) is 1. The number of phenolic OH excluding ortho intramolecular Hbond substituents is 1. The predicted octanol–water partition coefficient (Wildman–Crippen LogP) is 8.52. The number of carbonyl (C=O) groups excluding carboxylic acids is 1. The summed E-state index contributed by atoms with van der Waals surface area (Å²) >= 11 is 0. The highest BCUT2D eigenvalue weighted by Gasteiger charge is 2.59. The molecule has 5 nitrogen and oxygen atoms in total. The van der Waals surface area contributed by atoms with Crippen LogP contribution in [-0.2, 0) is 12.8 Å². The number of phenols is 1. The molecule has 47 heavy (non-hydrogen) atoms. The number of aryl methyl sites for hydroxylation is 1. The third-order valence-corrected chi connectivity index (χ3v) is 11.7. The molecule has 6 rings (SSSR count). The third-order valence-electron chi connectivity index (χ3n) is 11.7. The molecule has 0 bridgehead atoms. The van der Waals surface area contributed by atoms with Crippen molar-refractivity contribution in [2.24, 2.45) is 23.2 Å². The van der Waals surface area contributed by atoms with Crippen molar-refractivity contribution in [3.63, 3.8) is 0 Å². The second-order valence-corrected chi connectivity index (χ2v) is 14.6. The molecule has 0 saturated heterocycles. The molecule has 0 aromatic heterocycles. The summed E-state index contributed by atoms with van der Waals surface area (Å²) in [6.07, 6.45) is 7.31. The summed E-state index contributed by atoms with van der Waals surface area (Å²) in [7, 11) is 0. The molecule has 3 aromatic rings. The number of unbranched alkanes of at least 4 members (excludes halogenated alkanes) is 2. The van der Waals surface area contributed by atoms with Gasteiger partial charge in [-0.3, -0.25) is 4.79 Å². The quantitative estimate of drug-likeness (QED) is 0.184. The van der Waals surface area contributed by atoms with Gasteiger partial charge in [-0.2, -0.15) is 0 Å². The maximum absolute atomic E-state index is 16.1. The van der Waals surface area contributed by atoms with E-state index in [1.807, 2.05) is 54.3 Å². The average molecular weight is 642 g/mol. The van der Waals surface area contributed by atoms with E-state index in [4.69, 9.17) is 4.74 Å². The lowest BCUT2D eigenvalue weighted by atomic mass is 9.51. The fourth-order valence-electron chi connectivity index (χ4n) is 9.40. The van der Waals surface area contributed by atoms with Gasteiger partial charge in [-0.15, -0.1) is 0 Å². The molecule has 0 radical (unpaired) electrons. The smallest absolute Gasteiger partial charge is 0.253 e. The number of hydrogen-bond acceptors (Lipinski definition) is 4. The van der Waals surface area contributed by atoms with Crippen molar-refractivity contribution in [2.45, 2.75) is 96.2 Å². The molecule has 2 N–H and O–H groups in total. The number of aromatic hydroxyl groups is 1. The molecule has 6 unspecified atom stereocenters. The van der Waals surface area contributed by atoms with E-state index in [-0.39, 0.29) is 28.9 Å². The molecular weight excluding hydrogens is 589 g/mol. The largest absolute Gasteiger partial charge is 0.508 e. The highest BCUT2D eigenvalue weighted by Crippen LogP contribution is 2.63. The number of fused-ring (bicyclic) bond motifs is 5. The number of ether oxygens (including phenoxy) is 1. The fourth-order valence-corrected chi connectivity index (χ4v) is 9.40. The van der Waals surface area contributed by atoms with E-state index in [9.17, 15) is 15.0 Å². The van der Waals surface area contributed by atoms with E-state index in [2.05, 4.69) is 31.2 Å². The zero-order chi connectivity index (χ0) is 33.0. The maximum atomic E-state index is 16.1. The van der Waals surface area contributed by atoms with E-state index in [0.29, 0.717) is 43.5 Å². The van der Waals surface area contributed by atoms with Crippen LogP contribution in [0.4, 0.5) is 4.39 Å². The molecule has 3 aromatic carbocycles. The second kappa shape index (κ2) is 14.8. The molecule has 7 atom stereocenters. The van der Waals surface area contributed by atoms with E-state index in [1.54, 1.807) is 6.07 Å². The SMILES string of the molecule is CCOc1ccc(C(=O)N(CCCCCC2Cc3cc(O)ccc3C3C(F)C[C@]4(C)C(O)CCC4C23)CCCc2ccccc2)cc1. The lowest BCUT2D eigenvalue weighted by molar-refractivity contribution is -0.0722. The number of amides is 1. The minimum atomic E-state index is -0.988. The van der Waals surface area contributed by atoms with Gasteiger partial charge in [0.05, 0.1) is 12.7 Å². The Kier molecular flexibility index (Phi) is 10.6. The molecule has 0 aliphatic heterocycles. The number of benzene rings is 3. The minimum absolute atomic E-state index is 0.0583. The van der Waals surface area contributed by atoms with Gasteiger partial charge in [-0.1, -0.05) is 56.2 Å². The Labute approximate surface area is 280 Å². The molecule has 2 saturated carbocycles. The van der Waals surface area contributed by atoms with Crippen LogP contribution >= 0.6 is 0 Å². The summed E-state index contributed by atoms with van der Waals surface area (Å²) in [4.78, 5) is 15.7. The maximum Gasteiger partial charge on any atom is 0.253 e. The van der Waals surface area contributed by atoms with Gasteiger partial charge in [0.25, 0.3) is 5.91 Å². The number of hydrogen-bond donors (Lipinski definition) is 2. The van der Waals surface area contributed by atoms with Crippen LogP contribution in [0.5, 0.6) is 11.5 Å². The first-order chi connectivity index (χ1) is 22.8. The van der Waals surface area contributed by atoms with Crippen molar-refractivity contribution in [2.75, 3.05) is 19.7 Å². The van der Waals surface area contributed by atoms with Crippen molar-refractivity contribution in [3.8, 4) is 11.5 Å². The van der Waals surface area contributed by atoms with Crippen molar-refractivity contribution < 1.29 is 24.1 Å². The zero-order valence-electron chi connectivity index (χ0n) is 28.1. The van der Waals surface area contributed by atoms with Gasteiger partial charge in [-0.05, 0) is 135 Å². The van der Waals surface area contributed by atoms with Crippen LogP contribution in [0.1, 0.15) is 98.2 Å². The summed E-state index contributed by atoms with van der Waals surface area (Å²) in [6, 6.07) is 23.4. The lowest BCUT2D eigenvalue weighted by Gasteiger charge is -2.54. The number of aliphatic hydroxyl groups excluding tert-OH is 1. The molecule has 3 aliphatic rings. The molecule has 252 valence electrons. The van der Waals surface area contributed by atoms with E-state index in [0.717, 1.165) is 74.7 Å². The molecule has 6 heteroatoms. The first kappa shape index (κ1) is 33.5. The standard InChI is InChI=1S/C41H52FNO4/c1-3-47-33-18-15-29(16-19-33)40(46)43(24-10-13-28-11-6-4-7-12-28)23-9-5-8-14-30-25-31-26-32(44)17-20-34(31)39-36(42)27-41(2)35(38(30)39)21-22-37(41)45/h4,6-7,11-12,15-20,26,30,35-39,44-45H,3,5,8-10,13-14,21-25,27H2,1-2H3/t30?,35?,36?,37?,38?,39?,41-/m0/s1. The number of rotatable bonds is 13. The summed E-state index contributed by atoms with van der Waals surface area (Å²) in [5.41, 5.74) is 3.76. The van der Waals surface area contributed by atoms with Crippen LogP contribution in [0.2, 0.25) is 0 Å². The normalized spacial score (nSPS) is 27.8. The van der Waals surface area contributed by atoms with Gasteiger partial charge < -0.3 is 19.8 Å². The van der Waals surface area contributed by atoms with Crippen LogP contribution < -0.4 is 4.74 Å². The molecule has 1 amide bonds. The van der Waals surface area contributed by atoms with Gasteiger partial charge in [0.2, 0.25) is 0 Å². The summed E-state index contributed by atoms with van der Waals surface area (Å²) in [5.74, 6) is 1.74. The van der Waals surface area contributed by atoms with Gasteiger partial charge in [0.1, 0.15) is 17.7 Å². The Hall–Kier alpha value is -3.38. The number of aliphatic hydroxyl groups is 1.